The van der Waals surface area contributed by atoms with Crippen LogP contribution in [0.25, 0.3) is 0 Å². The SMILES string of the molecule is C=CC#N.CCCc1ncc(CC(=O)OCC)n1C(=O)OC(C)(C)C.CCOC(=O)C(CCC#N)c1cnc(CCO[Si](C)(C)C(C)(C)C)n1C(=O)OC(C)(C)C. The van der Waals surface area contributed by atoms with Crippen LogP contribution in [0.4, 0.5) is 9.59 Å². The molecule has 0 amide bonds. The topological polar surface area (TPSA) is 198 Å². The molecule has 1 atom stereocenters. The number of nitrogens with zero attached hydrogens (tertiary/aromatic N) is 6. The number of allylic oxidation sites excluding steroid dienone is 1. The zero-order valence-corrected chi connectivity index (χ0v) is 37.7. The molecule has 0 spiro atoms. The Morgan fingerprint density at radius 1 is 0.842 bits per heavy atom. The average Bonchev–Trinajstić information content (AvgIpc) is 3.67. The second-order valence-corrected chi connectivity index (χ2v) is 21.1. The molecule has 2 heterocycles. The van der Waals surface area contributed by atoms with Crippen molar-refractivity contribution in [2.75, 3.05) is 19.8 Å². The number of esters is 2. The van der Waals surface area contributed by atoms with Gasteiger partial charge in [-0.3, -0.25) is 9.59 Å². The van der Waals surface area contributed by atoms with Gasteiger partial charge in [-0.2, -0.15) is 10.5 Å². The van der Waals surface area contributed by atoms with E-state index in [-0.39, 0.29) is 36.9 Å². The summed E-state index contributed by atoms with van der Waals surface area (Å²) in [4.78, 5) is 58.3. The van der Waals surface area contributed by atoms with Gasteiger partial charge in [0.25, 0.3) is 0 Å². The summed E-state index contributed by atoms with van der Waals surface area (Å²) in [5, 5.41) is 16.6. The largest absolute Gasteiger partial charge is 0.466 e. The third kappa shape index (κ3) is 18.8. The maximum absolute atomic E-state index is 13.1. The molecule has 15 nitrogen and oxygen atoms in total. The predicted molar refractivity (Wildman–Crippen MR) is 219 cm³/mol. The minimum absolute atomic E-state index is 0.00377. The lowest BCUT2D eigenvalue weighted by molar-refractivity contribution is -0.145. The first-order valence-corrected chi connectivity index (χ1v) is 22.2. The van der Waals surface area contributed by atoms with E-state index in [2.05, 4.69) is 56.5 Å². The number of aromatic nitrogens is 4. The first-order chi connectivity index (χ1) is 26.3. The third-order valence-corrected chi connectivity index (χ3v) is 12.7. The maximum atomic E-state index is 13.1. The first-order valence-electron chi connectivity index (χ1n) is 19.3. The van der Waals surface area contributed by atoms with Crippen LogP contribution < -0.4 is 0 Å². The molecule has 0 aromatic carbocycles. The molecule has 1 unspecified atom stereocenters. The number of imidazole rings is 2. The molecule has 16 heteroatoms. The van der Waals surface area contributed by atoms with E-state index in [1.165, 1.54) is 27.6 Å². The fourth-order valence-corrected chi connectivity index (χ4v) is 5.69. The van der Waals surface area contributed by atoms with Crippen LogP contribution in [0.5, 0.6) is 0 Å². The summed E-state index contributed by atoms with van der Waals surface area (Å²) in [7, 11) is -1.97. The maximum Gasteiger partial charge on any atom is 0.420 e. The normalized spacial score (nSPS) is 11.9. The van der Waals surface area contributed by atoms with Crippen molar-refractivity contribution >= 4 is 32.4 Å². The van der Waals surface area contributed by atoms with E-state index < -0.39 is 43.6 Å². The highest BCUT2D eigenvalue weighted by Crippen LogP contribution is 2.36. The molecule has 0 aliphatic heterocycles. The Hall–Kier alpha value is -4.80. The molecule has 0 aliphatic rings. The summed E-state index contributed by atoms with van der Waals surface area (Å²) >= 11 is 0. The Morgan fingerprint density at radius 2 is 1.35 bits per heavy atom. The number of carbonyl (C=O) groups is 4. The molecule has 0 aliphatic carbocycles. The molecule has 2 aromatic heterocycles. The van der Waals surface area contributed by atoms with Gasteiger partial charge >= 0.3 is 24.1 Å². The minimum atomic E-state index is -1.97. The Bertz CT molecular complexity index is 1700. The van der Waals surface area contributed by atoms with Crippen molar-refractivity contribution in [3.8, 4) is 12.1 Å². The Kier molecular flexibility index (Phi) is 22.0. The van der Waals surface area contributed by atoms with Crippen LogP contribution in [0.1, 0.15) is 131 Å². The molecule has 318 valence electrons. The predicted octanol–water partition coefficient (Wildman–Crippen LogP) is 8.60. The first kappa shape index (κ1) is 52.2. The van der Waals surface area contributed by atoms with Crippen LogP contribution in [-0.4, -0.2) is 82.6 Å². The number of rotatable bonds is 14. The lowest BCUT2D eigenvalue weighted by Gasteiger charge is -2.36. The molecule has 2 rings (SSSR count). The lowest BCUT2D eigenvalue weighted by Crippen LogP contribution is -2.41. The fourth-order valence-electron chi connectivity index (χ4n) is 4.64. The van der Waals surface area contributed by atoms with Crippen molar-refractivity contribution in [1.29, 1.82) is 10.5 Å². The van der Waals surface area contributed by atoms with Crippen LogP contribution in [0.2, 0.25) is 18.1 Å². The third-order valence-electron chi connectivity index (χ3n) is 8.19. The van der Waals surface area contributed by atoms with Crippen molar-refractivity contribution in [1.82, 2.24) is 19.1 Å². The second-order valence-electron chi connectivity index (χ2n) is 16.3. The van der Waals surface area contributed by atoms with Crippen LogP contribution >= 0.6 is 0 Å². The number of carbonyl (C=O) groups excluding carboxylic acids is 4. The molecule has 0 bridgehead atoms. The summed E-state index contributed by atoms with van der Waals surface area (Å²) in [6.45, 7) is 31.0. The van der Waals surface area contributed by atoms with Gasteiger partial charge in [0.05, 0.1) is 43.2 Å². The highest BCUT2D eigenvalue weighted by molar-refractivity contribution is 6.74. The van der Waals surface area contributed by atoms with E-state index in [0.717, 1.165) is 6.42 Å². The number of hydrogen-bond donors (Lipinski definition) is 0. The minimum Gasteiger partial charge on any atom is -0.466 e. The Labute approximate surface area is 340 Å². The highest BCUT2D eigenvalue weighted by Gasteiger charge is 2.37. The number of hydrogen-bond acceptors (Lipinski definition) is 13. The van der Waals surface area contributed by atoms with Crippen LogP contribution in [-0.2, 0) is 52.2 Å². The highest BCUT2D eigenvalue weighted by atomic mass is 28.4. The number of nitriles is 2. The molecule has 2 aromatic rings. The van der Waals surface area contributed by atoms with Gasteiger partial charge in [0.1, 0.15) is 28.8 Å². The molecule has 0 N–H and O–H groups in total. The van der Waals surface area contributed by atoms with E-state index in [9.17, 15) is 19.2 Å². The smallest absolute Gasteiger partial charge is 0.420 e. The zero-order chi connectivity index (χ0) is 44.2. The van der Waals surface area contributed by atoms with E-state index in [1.807, 2.05) is 6.92 Å². The summed E-state index contributed by atoms with van der Waals surface area (Å²) in [5.41, 5.74) is -0.465. The summed E-state index contributed by atoms with van der Waals surface area (Å²) in [6.07, 6.45) is 5.35. The average molecular weight is 815 g/mol. The Balaban J connectivity index is 0.00000108. The Morgan fingerprint density at radius 3 is 1.81 bits per heavy atom. The van der Waals surface area contributed by atoms with Gasteiger partial charge in [-0.25, -0.2) is 28.7 Å². The molecule has 57 heavy (non-hydrogen) atoms. The standard InChI is InChI=1S/C23H39N3O5Si.C15H24N2O4.C3H3N/c1-10-29-20(27)17(12-11-14-24)18-16-25-19(26(18)21(28)31-22(2,3)4)13-15-30-32(8,9)23(5,6)7;1-6-8-12-16-10-11(9-13(18)20-7-2)17(12)14(19)21-15(3,4)5;1-2-3-4/h16-17H,10-13,15H2,1-9H3;10H,6-9H2,1-5H3;2H,1H2. The number of ether oxygens (including phenoxy) is 4. The molecular weight excluding hydrogens is 749 g/mol. The molecule has 0 fully saturated rings. The van der Waals surface area contributed by atoms with E-state index >= 15 is 0 Å². The van der Waals surface area contributed by atoms with Crippen LogP contribution in [0.3, 0.4) is 0 Å². The second kappa shape index (κ2) is 24.1. The molecule has 0 saturated heterocycles. The summed E-state index contributed by atoms with van der Waals surface area (Å²) in [6, 6.07) is 3.75. The summed E-state index contributed by atoms with van der Waals surface area (Å²) < 4.78 is 30.1. The van der Waals surface area contributed by atoms with E-state index in [0.29, 0.717) is 49.1 Å². The van der Waals surface area contributed by atoms with E-state index in [1.54, 1.807) is 61.5 Å². The van der Waals surface area contributed by atoms with Crippen molar-refractivity contribution in [2.24, 2.45) is 0 Å². The van der Waals surface area contributed by atoms with Gasteiger partial charge < -0.3 is 23.4 Å². The van der Waals surface area contributed by atoms with Crippen LogP contribution in [0, 0.1) is 22.7 Å². The van der Waals surface area contributed by atoms with Gasteiger partial charge in [-0.05, 0) is 86.4 Å². The van der Waals surface area contributed by atoms with Crippen molar-refractivity contribution in [2.45, 2.75) is 157 Å². The van der Waals surface area contributed by atoms with Crippen molar-refractivity contribution in [3.05, 3.63) is 48.1 Å². The van der Waals surface area contributed by atoms with Gasteiger partial charge in [0.15, 0.2) is 8.32 Å². The van der Waals surface area contributed by atoms with Gasteiger partial charge in [0.2, 0.25) is 0 Å². The van der Waals surface area contributed by atoms with Crippen molar-refractivity contribution in [3.63, 3.8) is 0 Å². The van der Waals surface area contributed by atoms with Gasteiger partial charge in [-0.15, -0.1) is 0 Å². The number of aryl methyl sites for hydroxylation is 1. The molecule has 0 radical (unpaired) electrons. The van der Waals surface area contributed by atoms with Crippen molar-refractivity contribution < 1.29 is 42.6 Å². The quantitative estimate of drug-likeness (QED) is 0.0761. The summed E-state index contributed by atoms with van der Waals surface area (Å²) in [5.74, 6) is -0.600. The van der Waals surface area contributed by atoms with E-state index in [4.69, 9.17) is 33.9 Å². The monoisotopic (exact) mass is 814 g/mol. The van der Waals surface area contributed by atoms with Gasteiger partial charge in [0, 0.05) is 44.3 Å². The zero-order valence-electron chi connectivity index (χ0n) is 36.7. The molecule has 0 saturated carbocycles. The van der Waals surface area contributed by atoms with Gasteiger partial charge in [-0.1, -0.05) is 34.3 Å². The van der Waals surface area contributed by atoms with Crippen LogP contribution in [0.15, 0.2) is 25.0 Å². The lowest BCUT2D eigenvalue weighted by atomic mass is 10.00. The fraction of sp³-hybridized carbons (Fsp3) is 0.659. The molecular formula is C41H66N6O9Si.